The zero-order valence-electron chi connectivity index (χ0n) is 9.19. The first-order chi connectivity index (χ1) is 7.20. The lowest BCUT2D eigenvalue weighted by atomic mass is 10.2. The highest BCUT2D eigenvalue weighted by Crippen LogP contribution is 2.03. The molecule has 0 aromatic heterocycles. The van der Waals surface area contributed by atoms with Crippen LogP contribution in [0.1, 0.15) is 13.8 Å². The summed E-state index contributed by atoms with van der Waals surface area (Å²) in [6, 6.07) is 9.92. The van der Waals surface area contributed by atoms with Gasteiger partial charge in [-0.15, -0.1) is 0 Å². The maximum absolute atomic E-state index is 11.1. The van der Waals surface area contributed by atoms with Gasteiger partial charge in [0.15, 0.2) is 0 Å². The Hall–Kier alpha value is -1.29. The van der Waals surface area contributed by atoms with Gasteiger partial charge in [-0.1, -0.05) is 32.0 Å². The first kappa shape index (κ1) is 11.8. The molecule has 0 aliphatic carbocycles. The fraction of sp³-hybridized carbons (Fsp3) is 0.364. The van der Waals surface area contributed by atoms with Gasteiger partial charge in [-0.2, -0.15) is 0 Å². The molecule has 4 heteroatoms. The average Bonchev–Trinajstić information content (AvgIpc) is 2.25. The Morgan fingerprint density at radius 1 is 1.40 bits per heavy atom. The molecule has 0 saturated carbocycles. The summed E-state index contributed by atoms with van der Waals surface area (Å²) in [6.07, 6.45) is 0.780. The lowest BCUT2D eigenvalue weighted by molar-refractivity contribution is -0.137. The minimum Gasteiger partial charge on any atom is -0.523 e. The van der Waals surface area contributed by atoms with Gasteiger partial charge in [0.1, 0.15) is 0 Å². The van der Waals surface area contributed by atoms with E-state index in [9.17, 15) is 4.79 Å². The predicted molar refractivity (Wildman–Crippen MR) is 64.4 cm³/mol. The average molecular weight is 223 g/mol. The van der Waals surface area contributed by atoms with Crippen LogP contribution in [0.3, 0.4) is 0 Å². The number of hydrogen-bond acceptors (Lipinski definition) is 3. The molecule has 1 aromatic carbocycles. The van der Waals surface area contributed by atoms with Crippen LogP contribution in [0, 0.1) is 5.92 Å². The first-order valence-electron chi connectivity index (χ1n) is 5.15. The van der Waals surface area contributed by atoms with E-state index < -0.39 is 9.76 Å². The highest BCUT2D eigenvalue weighted by molar-refractivity contribution is 6.31. The summed E-state index contributed by atoms with van der Waals surface area (Å²) in [5, 5.41) is 3.22. The second kappa shape index (κ2) is 6.24. The zero-order valence-corrected chi connectivity index (χ0v) is 10.6. The zero-order chi connectivity index (χ0) is 11.1. The number of rotatable bonds is 5. The maximum atomic E-state index is 11.1. The molecule has 1 N–H and O–H groups in total. The van der Waals surface area contributed by atoms with Crippen LogP contribution in [0.25, 0.3) is 0 Å². The fourth-order valence-corrected chi connectivity index (χ4v) is 2.10. The molecule has 0 spiro atoms. The third-order valence-corrected chi connectivity index (χ3v) is 2.86. The van der Waals surface area contributed by atoms with Crippen molar-refractivity contribution in [3.8, 4) is 0 Å². The molecule has 0 aliphatic rings. The van der Waals surface area contributed by atoms with E-state index in [4.69, 9.17) is 4.43 Å². The second-order valence-corrected chi connectivity index (χ2v) is 4.81. The molecule has 0 saturated heterocycles. The van der Waals surface area contributed by atoms with Gasteiger partial charge in [0.2, 0.25) is 9.76 Å². The van der Waals surface area contributed by atoms with Crippen molar-refractivity contribution in [1.82, 2.24) is 0 Å². The molecule has 0 unspecified atom stereocenters. The largest absolute Gasteiger partial charge is 0.523 e. The maximum Gasteiger partial charge on any atom is 0.294 e. The van der Waals surface area contributed by atoms with Gasteiger partial charge in [0, 0.05) is 17.8 Å². The van der Waals surface area contributed by atoms with E-state index in [1.54, 1.807) is 0 Å². The molecule has 3 nitrogen and oxygen atoms in total. The van der Waals surface area contributed by atoms with Crippen LogP contribution in [0.5, 0.6) is 0 Å². The van der Waals surface area contributed by atoms with E-state index in [0.29, 0.717) is 0 Å². The number of benzene rings is 1. The van der Waals surface area contributed by atoms with Crippen LogP contribution in [-0.2, 0) is 9.22 Å². The minimum absolute atomic E-state index is 0.0192. The molecular weight excluding hydrogens is 206 g/mol. The molecule has 0 aliphatic heterocycles. The molecule has 15 heavy (non-hydrogen) atoms. The SMILES string of the molecule is CC(C)C(=O)O[SiH2]CNc1ccccc1. The van der Waals surface area contributed by atoms with Crippen LogP contribution >= 0.6 is 0 Å². The monoisotopic (exact) mass is 223 g/mol. The topological polar surface area (TPSA) is 38.3 Å². The van der Waals surface area contributed by atoms with E-state index in [1.165, 1.54) is 0 Å². The van der Waals surface area contributed by atoms with E-state index >= 15 is 0 Å². The molecule has 0 heterocycles. The highest BCUT2D eigenvalue weighted by Gasteiger charge is 2.06. The lowest BCUT2D eigenvalue weighted by Crippen LogP contribution is -2.20. The highest BCUT2D eigenvalue weighted by atomic mass is 28.2. The Morgan fingerprint density at radius 3 is 2.67 bits per heavy atom. The summed E-state index contributed by atoms with van der Waals surface area (Å²) in [6.45, 7) is 3.70. The van der Waals surface area contributed by atoms with Crippen LogP contribution < -0.4 is 5.32 Å². The molecular formula is C11H17NO2Si. The smallest absolute Gasteiger partial charge is 0.294 e. The molecule has 0 radical (unpaired) electrons. The van der Waals surface area contributed by atoms with Crippen molar-refractivity contribution in [3.05, 3.63) is 30.3 Å². The number of carbonyl (C=O) groups is 1. The minimum atomic E-state index is -0.783. The fourth-order valence-electron chi connectivity index (χ4n) is 1.07. The Morgan fingerprint density at radius 2 is 2.07 bits per heavy atom. The quantitative estimate of drug-likeness (QED) is 0.605. The van der Waals surface area contributed by atoms with Crippen molar-refractivity contribution >= 4 is 21.4 Å². The summed E-state index contributed by atoms with van der Waals surface area (Å²) < 4.78 is 5.16. The van der Waals surface area contributed by atoms with Crippen molar-refractivity contribution < 1.29 is 9.22 Å². The molecule has 1 aromatic rings. The standard InChI is InChI=1S/C11H17NO2Si/c1-9(2)11(13)14-15-8-12-10-6-4-3-5-7-10/h3-7,9,12H,8,15H2,1-2H3. The van der Waals surface area contributed by atoms with Gasteiger partial charge < -0.3 is 9.74 Å². The van der Waals surface area contributed by atoms with E-state index in [1.807, 2.05) is 44.2 Å². The number of hydrogen-bond donors (Lipinski definition) is 1. The van der Waals surface area contributed by atoms with Crippen molar-refractivity contribution in [2.75, 3.05) is 11.5 Å². The van der Waals surface area contributed by atoms with Gasteiger partial charge in [0.25, 0.3) is 5.97 Å². The van der Waals surface area contributed by atoms with E-state index in [-0.39, 0.29) is 11.9 Å². The van der Waals surface area contributed by atoms with Crippen molar-refractivity contribution in [2.24, 2.45) is 5.92 Å². The summed E-state index contributed by atoms with van der Waals surface area (Å²) in [7, 11) is -0.783. The summed E-state index contributed by atoms with van der Waals surface area (Å²) in [4.78, 5) is 11.1. The number of carbonyl (C=O) groups excluding carboxylic acids is 1. The van der Waals surface area contributed by atoms with Gasteiger partial charge in [0.05, 0.1) is 0 Å². The van der Waals surface area contributed by atoms with Gasteiger partial charge in [-0.05, 0) is 12.1 Å². The molecule has 1 rings (SSSR count). The summed E-state index contributed by atoms with van der Waals surface area (Å²) >= 11 is 0. The molecule has 82 valence electrons. The third kappa shape index (κ3) is 4.65. The molecule has 0 bridgehead atoms. The molecule has 0 atom stereocenters. The van der Waals surface area contributed by atoms with Crippen LogP contribution in [-0.4, -0.2) is 21.9 Å². The number of para-hydroxylation sites is 1. The van der Waals surface area contributed by atoms with Crippen LogP contribution in [0.4, 0.5) is 5.69 Å². The summed E-state index contributed by atoms with van der Waals surface area (Å²) in [5.74, 6) is -0.106. The lowest BCUT2D eigenvalue weighted by Gasteiger charge is -2.08. The van der Waals surface area contributed by atoms with Crippen LogP contribution in [0.2, 0.25) is 0 Å². The first-order valence-corrected chi connectivity index (χ1v) is 6.73. The van der Waals surface area contributed by atoms with Crippen molar-refractivity contribution in [3.63, 3.8) is 0 Å². The molecule has 0 fully saturated rings. The predicted octanol–water partition coefficient (Wildman–Crippen LogP) is 1.34. The van der Waals surface area contributed by atoms with Gasteiger partial charge in [-0.3, -0.25) is 4.79 Å². The van der Waals surface area contributed by atoms with Crippen molar-refractivity contribution in [2.45, 2.75) is 13.8 Å². The Bertz CT molecular complexity index is 301. The summed E-state index contributed by atoms with van der Waals surface area (Å²) in [5.41, 5.74) is 1.07. The van der Waals surface area contributed by atoms with E-state index in [0.717, 1.165) is 11.9 Å². The Labute approximate surface area is 92.8 Å². The number of nitrogens with one attached hydrogen (secondary N) is 1. The third-order valence-electron chi connectivity index (χ3n) is 1.92. The van der Waals surface area contributed by atoms with E-state index in [2.05, 4.69) is 5.32 Å². The van der Waals surface area contributed by atoms with Crippen molar-refractivity contribution in [1.29, 1.82) is 0 Å². The normalized spacial score (nSPS) is 10.9. The molecule has 0 amide bonds. The Kier molecular flexibility index (Phi) is 4.90. The Balaban J connectivity index is 2.15. The van der Waals surface area contributed by atoms with Gasteiger partial charge in [-0.25, -0.2) is 0 Å². The second-order valence-electron chi connectivity index (χ2n) is 3.61. The number of anilines is 1. The van der Waals surface area contributed by atoms with Crippen LogP contribution in [0.15, 0.2) is 30.3 Å². The van der Waals surface area contributed by atoms with Gasteiger partial charge >= 0.3 is 0 Å².